The lowest BCUT2D eigenvalue weighted by molar-refractivity contribution is -0.139. The minimum absolute atomic E-state index is 0.222. The fourth-order valence-electron chi connectivity index (χ4n) is 3.27. The van der Waals surface area contributed by atoms with Crippen LogP contribution >= 0.6 is 0 Å². The summed E-state index contributed by atoms with van der Waals surface area (Å²) >= 11 is 0. The molecule has 0 radical (unpaired) electrons. The van der Waals surface area contributed by atoms with E-state index in [0.717, 1.165) is 69.9 Å². The minimum atomic E-state index is -0.322. The summed E-state index contributed by atoms with van der Waals surface area (Å²) in [5.41, 5.74) is -0.322. The Morgan fingerprint density at radius 1 is 0.960 bits per heavy atom. The normalized spacial score (nSPS) is 19.3. The van der Waals surface area contributed by atoms with Crippen molar-refractivity contribution in [2.45, 2.75) is 27.7 Å². The number of anilines is 2. The van der Waals surface area contributed by atoms with E-state index in [-0.39, 0.29) is 11.3 Å². The van der Waals surface area contributed by atoms with Crippen molar-refractivity contribution in [2.75, 3.05) is 62.3 Å². The largest absolute Gasteiger partial charge is 0.378 e. The summed E-state index contributed by atoms with van der Waals surface area (Å²) < 4.78 is 5.43. The van der Waals surface area contributed by atoms with E-state index in [0.29, 0.717) is 0 Å². The molecule has 0 unspecified atom stereocenters. The van der Waals surface area contributed by atoms with Crippen molar-refractivity contribution in [3.05, 3.63) is 11.9 Å². The van der Waals surface area contributed by atoms with Crippen LogP contribution in [0.1, 0.15) is 26.6 Å². The van der Waals surface area contributed by atoms with Gasteiger partial charge in [-0.3, -0.25) is 4.79 Å². The van der Waals surface area contributed by atoms with Crippen molar-refractivity contribution in [3.8, 4) is 0 Å². The first-order valence-corrected chi connectivity index (χ1v) is 9.07. The Morgan fingerprint density at radius 3 is 2.00 bits per heavy atom. The summed E-state index contributed by atoms with van der Waals surface area (Å²) in [5.74, 6) is 2.93. The van der Waals surface area contributed by atoms with E-state index < -0.39 is 0 Å². The second kappa shape index (κ2) is 7.15. The molecular formula is C18H29N5O2. The summed E-state index contributed by atoms with van der Waals surface area (Å²) in [6.07, 6.45) is 0. The molecule has 25 heavy (non-hydrogen) atoms. The Labute approximate surface area is 150 Å². The lowest BCUT2D eigenvalue weighted by Crippen LogP contribution is -2.52. The van der Waals surface area contributed by atoms with Crippen LogP contribution in [0.4, 0.5) is 11.6 Å². The molecule has 0 bridgehead atoms. The Balaban J connectivity index is 1.69. The molecule has 1 amide bonds. The number of rotatable bonds is 2. The van der Waals surface area contributed by atoms with Gasteiger partial charge in [-0.15, -0.1) is 0 Å². The molecule has 3 rings (SSSR count). The molecule has 2 fully saturated rings. The third-order valence-electron chi connectivity index (χ3n) is 4.68. The Kier molecular flexibility index (Phi) is 5.13. The zero-order chi connectivity index (χ0) is 18.0. The first kappa shape index (κ1) is 17.9. The second-order valence-corrected chi connectivity index (χ2v) is 7.76. The fourth-order valence-corrected chi connectivity index (χ4v) is 3.27. The van der Waals surface area contributed by atoms with Crippen LogP contribution in [0.3, 0.4) is 0 Å². The standard InChI is InChI=1S/C18H29N5O2/c1-14-19-15(13-16(20-14)22-9-11-25-12-10-22)21-5-7-23(8-6-21)17(24)18(2,3)4/h13H,5-12H2,1-4H3. The van der Waals surface area contributed by atoms with Crippen LogP contribution in [0.15, 0.2) is 6.07 Å². The van der Waals surface area contributed by atoms with E-state index in [1.54, 1.807) is 0 Å². The minimum Gasteiger partial charge on any atom is -0.378 e. The first-order valence-electron chi connectivity index (χ1n) is 9.07. The van der Waals surface area contributed by atoms with E-state index in [1.165, 1.54) is 0 Å². The molecule has 3 heterocycles. The number of morpholine rings is 1. The van der Waals surface area contributed by atoms with Gasteiger partial charge in [0, 0.05) is 50.7 Å². The van der Waals surface area contributed by atoms with E-state index >= 15 is 0 Å². The molecule has 2 aliphatic heterocycles. The van der Waals surface area contributed by atoms with E-state index in [1.807, 2.05) is 32.6 Å². The lowest BCUT2D eigenvalue weighted by atomic mass is 9.94. The van der Waals surface area contributed by atoms with Gasteiger partial charge in [0.1, 0.15) is 17.5 Å². The summed E-state index contributed by atoms with van der Waals surface area (Å²) in [6.45, 7) is 14.2. The predicted octanol–water partition coefficient (Wildman–Crippen LogP) is 1.32. The molecule has 7 heteroatoms. The molecule has 0 atom stereocenters. The summed E-state index contributed by atoms with van der Waals surface area (Å²) in [4.78, 5) is 28.1. The molecule has 7 nitrogen and oxygen atoms in total. The van der Waals surface area contributed by atoms with E-state index in [9.17, 15) is 4.79 Å². The maximum Gasteiger partial charge on any atom is 0.228 e. The van der Waals surface area contributed by atoms with Gasteiger partial charge >= 0.3 is 0 Å². The van der Waals surface area contributed by atoms with Gasteiger partial charge in [-0.2, -0.15) is 0 Å². The summed E-state index contributed by atoms with van der Waals surface area (Å²) in [5, 5.41) is 0. The summed E-state index contributed by atoms with van der Waals surface area (Å²) in [6, 6.07) is 2.07. The number of aryl methyl sites for hydroxylation is 1. The molecule has 0 aromatic carbocycles. The molecule has 0 aliphatic carbocycles. The molecule has 0 saturated carbocycles. The van der Waals surface area contributed by atoms with Crippen molar-refractivity contribution >= 4 is 17.5 Å². The van der Waals surface area contributed by atoms with E-state index in [4.69, 9.17) is 4.74 Å². The Morgan fingerprint density at radius 2 is 1.48 bits per heavy atom. The maximum absolute atomic E-state index is 12.4. The number of carbonyl (C=O) groups is 1. The zero-order valence-electron chi connectivity index (χ0n) is 15.8. The van der Waals surface area contributed by atoms with Crippen molar-refractivity contribution in [1.82, 2.24) is 14.9 Å². The van der Waals surface area contributed by atoms with Crippen molar-refractivity contribution in [1.29, 1.82) is 0 Å². The van der Waals surface area contributed by atoms with Crippen molar-refractivity contribution < 1.29 is 9.53 Å². The van der Waals surface area contributed by atoms with Crippen LogP contribution < -0.4 is 9.80 Å². The molecule has 138 valence electrons. The molecule has 2 saturated heterocycles. The zero-order valence-corrected chi connectivity index (χ0v) is 15.8. The molecule has 1 aromatic heterocycles. The topological polar surface area (TPSA) is 61.8 Å². The number of ether oxygens (including phenoxy) is 1. The third-order valence-corrected chi connectivity index (χ3v) is 4.68. The lowest BCUT2D eigenvalue weighted by Gasteiger charge is -2.38. The van der Waals surface area contributed by atoms with Gasteiger partial charge in [0.05, 0.1) is 13.2 Å². The highest BCUT2D eigenvalue weighted by Crippen LogP contribution is 2.23. The SMILES string of the molecule is Cc1nc(N2CCOCC2)cc(N2CCN(C(=O)C(C)(C)C)CC2)n1. The van der Waals surface area contributed by atoms with Gasteiger partial charge in [0.2, 0.25) is 5.91 Å². The number of hydrogen-bond acceptors (Lipinski definition) is 6. The molecular weight excluding hydrogens is 318 g/mol. The smallest absolute Gasteiger partial charge is 0.228 e. The number of piperazine rings is 1. The maximum atomic E-state index is 12.4. The van der Waals surface area contributed by atoms with Crippen LogP contribution in [0.5, 0.6) is 0 Å². The molecule has 1 aromatic rings. The molecule has 2 aliphatic rings. The van der Waals surface area contributed by atoms with Gasteiger partial charge < -0.3 is 19.4 Å². The highest BCUT2D eigenvalue weighted by atomic mass is 16.5. The predicted molar refractivity (Wildman–Crippen MR) is 98.0 cm³/mol. The number of nitrogens with zero attached hydrogens (tertiary/aromatic N) is 5. The average molecular weight is 347 g/mol. The summed E-state index contributed by atoms with van der Waals surface area (Å²) in [7, 11) is 0. The van der Waals surface area contributed by atoms with E-state index in [2.05, 4.69) is 25.8 Å². The number of aromatic nitrogens is 2. The van der Waals surface area contributed by atoms with Crippen molar-refractivity contribution in [2.24, 2.45) is 5.41 Å². The Bertz CT molecular complexity index is 614. The van der Waals surface area contributed by atoms with Crippen LogP contribution in [0.2, 0.25) is 0 Å². The van der Waals surface area contributed by atoms with Crippen molar-refractivity contribution in [3.63, 3.8) is 0 Å². The van der Waals surface area contributed by atoms with Gasteiger partial charge in [0.15, 0.2) is 0 Å². The average Bonchev–Trinajstić information content (AvgIpc) is 2.61. The van der Waals surface area contributed by atoms with Crippen LogP contribution in [0.25, 0.3) is 0 Å². The van der Waals surface area contributed by atoms with Gasteiger partial charge in [0.25, 0.3) is 0 Å². The highest BCUT2D eigenvalue weighted by Gasteiger charge is 2.30. The van der Waals surface area contributed by atoms with Gasteiger partial charge in [-0.25, -0.2) is 9.97 Å². The van der Waals surface area contributed by atoms with Gasteiger partial charge in [-0.05, 0) is 6.92 Å². The third kappa shape index (κ3) is 4.21. The van der Waals surface area contributed by atoms with Gasteiger partial charge in [-0.1, -0.05) is 20.8 Å². The number of carbonyl (C=O) groups excluding carboxylic acids is 1. The number of hydrogen-bond donors (Lipinski definition) is 0. The Hall–Kier alpha value is -1.89. The fraction of sp³-hybridized carbons (Fsp3) is 0.722. The molecule has 0 N–H and O–H groups in total. The quantitative estimate of drug-likeness (QED) is 0.804. The van der Waals surface area contributed by atoms with Crippen LogP contribution in [-0.4, -0.2) is 73.3 Å². The molecule has 0 spiro atoms. The van der Waals surface area contributed by atoms with Crippen LogP contribution in [-0.2, 0) is 9.53 Å². The number of amides is 1. The highest BCUT2D eigenvalue weighted by molar-refractivity contribution is 5.81. The monoisotopic (exact) mass is 347 g/mol. The first-order chi connectivity index (χ1) is 11.8. The van der Waals surface area contributed by atoms with Crippen LogP contribution in [0, 0.1) is 12.3 Å². The second-order valence-electron chi connectivity index (χ2n) is 7.76.